The van der Waals surface area contributed by atoms with Crippen molar-refractivity contribution in [1.29, 1.82) is 0 Å². The highest BCUT2D eigenvalue weighted by molar-refractivity contribution is 5.93. The van der Waals surface area contributed by atoms with Crippen molar-refractivity contribution in [2.24, 2.45) is 0 Å². The van der Waals surface area contributed by atoms with E-state index in [0.29, 0.717) is 12.2 Å². The van der Waals surface area contributed by atoms with Gasteiger partial charge in [0.05, 0.1) is 5.52 Å². The lowest BCUT2D eigenvalue weighted by Gasteiger charge is -2.37. The quantitative estimate of drug-likeness (QED) is 0.657. The number of hydrogen-bond acceptors (Lipinski definition) is 4. The van der Waals surface area contributed by atoms with Gasteiger partial charge in [0, 0.05) is 44.6 Å². The molecule has 0 bridgehead atoms. The highest BCUT2D eigenvalue weighted by atomic mass is 16.1. The molecule has 1 fully saturated rings. The molecule has 3 heterocycles. The van der Waals surface area contributed by atoms with Crippen molar-refractivity contribution in [3.63, 3.8) is 0 Å². The smallest absolute Gasteiger partial charge is 0.271 e. The molecule has 4 rings (SSSR count). The summed E-state index contributed by atoms with van der Waals surface area (Å²) in [5.74, 6) is -0.103. The van der Waals surface area contributed by atoms with Gasteiger partial charge in [-0.2, -0.15) is 5.10 Å². The lowest BCUT2D eigenvalue weighted by atomic mass is 10.1. The van der Waals surface area contributed by atoms with Crippen LogP contribution in [0.25, 0.3) is 5.52 Å². The second-order valence-electron chi connectivity index (χ2n) is 7.83. The number of pyridine rings is 1. The summed E-state index contributed by atoms with van der Waals surface area (Å²) < 4.78 is 1.73. The summed E-state index contributed by atoms with van der Waals surface area (Å²) in [5, 5.41) is 7.32. The maximum Gasteiger partial charge on any atom is 0.271 e. The fourth-order valence-electron chi connectivity index (χ4n) is 3.92. The van der Waals surface area contributed by atoms with E-state index in [9.17, 15) is 4.79 Å². The first-order chi connectivity index (χ1) is 14.1. The molecule has 1 N–H and O–H groups in total. The molecule has 152 valence electrons. The van der Waals surface area contributed by atoms with E-state index < -0.39 is 0 Å². The largest absolute Gasteiger partial charge is 0.369 e. The summed E-state index contributed by atoms with van der Waals surface area (Å²) in [6.45, 7) is 10.2. The Morgan fingerprint density at radius 2 is 1.90 bits per heavy atom. The van der Waals surface area contributed by atoms with Gasteiger partial charge >= 0.3 is 0 Å². The molecule has 1 aliphatic heterocycles. The van der Waals surface area contributed by atoms with E-state index in [4.69, 9.17) is 0 Å². The van der Waals surface area contributed by atoms with Gasteiger partial charge in [0.2, 0.25) is 0 Å². The first-order valence-corrected chi connectivity index (χ1v) is 10.4. The molecule has 1 aromatic carbocycles. The lowest BCUT2D eigenvalue weighted by molar-refractivity contribution is 0.0946. The second kappa shape index (κ2) is 8.66. The van der Waals surface area contributed by atoms with E-state index >= 15 is 0 Å². The van der Waals surface area contributed by atoms with Gasteiger partial charge in [-0.05, 0) is 62.2 Å². The Morgan fingerprint density at radius 1 is 1.07 bits per heavy atom. The Labute approximate surface area is 172 Å². The third kappa shape index (κ3) is 4.59. The van der Waals surface area contributed by atoms with E-state index in [1.165, 1.54) is 16.8 Å². The predicted octanol–water partition coefficient (Wildman–Crippen LogP) is 2.89. The highest BCUT2D eigenvalue weighted by Crippen LogP contribution is 2.22. The summed E-state index contributed by atoms with van der Waals surface area (Å²) in [4.78, 5) is 17.3. The van der Waals surface area contributed by atoms with Crippen LogP contribution >= 0.6 is 0 Å². The number of piperazine rings is 1. The van der Waals surface area contributed by atoms with E-state index in [1.807, 2.05) is 30.5 Å². The SMILES string of the molecule is Cc1ccc(C)c(N2CCN(CCCNC(=O)c3cc4ccccn4n3)CC2)c1. The molecule has 0 atom stereocenters. The van der Waals surface area contributed by atoms with Gasteiger partial charge in [-0.1, -0.05) is 18.2 Å². The van der Waals surface area contributed by atoms with Crippen molar-refractivity contribution in [3.05, 3.63) is 65.5 Å². The summed E-state index contributed by atoms with van der Waals surface area (Å²) in [5.41, 5.74) is 5.43. The van der Waals surface area contributed by atoms with Crippen molar-refractivity contribution in [2.45, 2.75) is 20.3 Å². The molecule has 0 spiro atoms. The van der Waals surface area contributed by atoms with Gasteiger partial charge in [0.25, 0.3) is 5.91 Å². The fraction of sp³-hybridized carbons (Fsp3) is 0.391. The molecule has 6 heteroatoms. The summed E-state index contributed by atoms with van der Waals surface area (Å²) in [6, 6.07) is 14.3. The first-order valence-electron chi connectivity index (χ1n) is 10.4. The molecular weight excluding hydrogens is 362 g/mol. The van der Waals surface area contributed by atoms with Crippen molar-refractivity contribution >= 4 is 17.1 Å². The number of aromatic nitrogens is 2. The Morgan fingerprint density at radius 3 is 2.69 bits per heavy atom. The summed E-state index contributed by atoms with van der Waals surface area (Å²) in [6.07, 6.45) is 2.80. The lowest BCUT2D eigenvalue weighted by Crippen LogP contribution is -2.47. The molecule has 1 amide bonds. The zero-order valence-electron chi connectivity index (χ0n) is 17.3. The Balaban J connectivity index is 1.20. The average Bonchev–Trinajstić information content (AvgIpc) is 3.18. The predicted molar refractivity (Wildman–Crippen MR) is 117 cm³/mol. The van der Waals surface area contributed by atoms with Gasteiger partial charge in [-0.3, -0.25) is 9.69 Å². The number of anilines is 1. The standard InChI is InChI=1S/C23H29N5O/c1-18-7-8-19(2)22(16-18)27-14-12-26(13-15-27)10-5-9-24-23(29)21-17-20-6-3-4-11-28(20)25-21/h3-4,6-8,11,16-17H,5,9-10,12-15H2,1-2H3,(H,24,29). The second-order valence-corrected chi connectivity index (χ2v) is 7.83. The number of nitrogens with one attached hydrogen (secondary N) is 1. The van der Waals surface area contributed by atoms with Crippen LogP contribution in [-0.2, 0) is 0 Å². The molecule has 29 heavy (non-hydrogen) atoms. The molecule has 0 unspecified atom stereocenters. The van der Waals surface area contributed by atoms with Crippen LogP contribution in [0.1, 0.15) is 28.0 Å². The van der Waals surface area contributed by atoms with Crippen LogP contribution in [0, 0.1) is 13.8 Å². The third-order valence-corrected chi connectivity index (χ3v) is 5.62. The van der Waals surface area contributed by atoms with E-state index in [-0.39, 0.29) is 5.91 Å². The number of carbonyl (C=O) groups excluding carboxylic acids is 1. The number of aryl methyl sites for hydroxylation is 2. The minimum absolute atomic E-state index is 0.103. The number of amides is 1. The number of hydrogen-bond donors (Lipinski definition) is 1. The van der Waals surface area contributed by atoms with Crippen molar-refractivity contribution < 1.29 is 4.79 Å². The maximum absolute atomic E-state index is 12.3. The number of carbonyl (C=O) groups is 1. The molecule has 6 nitrogen and oxygen atoms in total. The van der Waals surface area contributed by atoms with E-state index in [0.717, 1.165) is 44.7 Å². The molecule has 2 aromatic heterocycles. The van der Waals surface area contributed by atoms with Crippen LogP contribution in [0.4, 0.5) is 5.69 Å². The van der Waals surface area contributed by atoms with Crippen molar-refractivity contribution in [1.82, 2.24) is 19.8 Å². The van der Waals surface area contributed by atoms with Gasteiger partial charge in [-0.25, -0.2) is 4.52 Å². The zero-order valence-corrected chi connectivity index (χ0v) is 17.3. The van der Waals surface area contributed by atoms with Gasteiger partial charge < -0.3 is 10.2 Å². The molecule has 1 saturated heterocycles. The van der Waals surface area contributed by atoms with Crippen molar-refractivity contribution in [3.8, 4) is 0 Å². The molecule has 3 aromatic rings. The molecule has 1 aliphatic rings. The van der Waals surface area contributed by atoms with Crippen LogP contribution < -0.4 is 10.2 Å². The van der Waals surface area contributed by atoms with Crippen LogP contribution in [0.5, 0.6) is 0 Å². The van der Waals surface area contributed by atoms with Crippen LogP contribution in [0.15, 0.2) is 48.7 Å². The fourth-order valence-corrected chi connectivity index (χ4v) is 3.92. The van der Waals surface area contributed by atoms with Gasteiger partial charge in [0.15, 0.2) is 5.69 Å². The normalized spacial score (nSPS) is 15.0. The van der Waals surface area contributed by atoms with Crippen LogP contribution in [0.3, 0.4) is 0 Å². The topological polar surface area (TPSA) is 52.9 Å². The monoisotopic (exact) mass is 391 g/mol. The Hall–Kier alpha value is -2.86. The van der Waals surface area contributed by atoms with E-state index in [2.05, 4.69) is 52.3 Å². The summed E-state index contributed by atoms with van der Waals surface area (Å²) >= 11 is 0. The number of rotatable bonds is 6. The van der Waals surface area contributed by atoms with Gasteiger partial charge in [0.1, 0.15) is 0 Å². The van der Waals surface area contributed by atoms with E-state index in [1.54, 1.807) is 4.52 Å². The number of nitrogens with zero attached hydrogens (tertiary/aromatic N) is 4. The minimum Gasteiger partial charge on any atom is -0.369 e. The maximum atomic E-state index is 12.3. The molecule has 0 saturated carbocycles. The summed E-state index contributed by atoms with van der Waals surface area (Å²) in [7, 11) is 0. The minimum atomic E-state index is -0.103. The number of fused-ring (bicyclic) bond motifs is 1. The van der Waals surface area contributed by atoms with Crippen LogP contribution in [0.2, 0.25) is 0 Å². The first kappa shape index (κ1) is 19.5. The van der Waals surface area contributed by atoms with Crippen LogP contribution in [-0.4, -0.2) is 59.7 Å². The zero-order chi connectivity index (χ0) is 20.2. The van der Waals surface area contributed by atoms with Gasteiger partial charge in [-0.15, -0.1) is 0 Å². The Bertz CT molecular complexity index is 955. The third-order valence-electron chi connectivity index (χ3n) is 5.62. The van der Waals surface area contributed by atoms with Crippen molar-refractivity contribution in [2.75, 3.05) is 44.2 Å². The number of benzene rings is 1. The molecule has 0 aliphatic carbocycles. The molecule has 0 radical (unpaired) electrons. The average molecular weight is 392 g/mol. The highest BCUT2D eigenvalue weighted by Gasteiger charge is 2.18. The molecular formula is C23H29N5O. The Kier molecular flexibility index (Phi) is 5.81.